The van der Waals surface area contributed by atoms with Gasteiger partial charge >= 0.3 is 0 Å². The highest BCUT2D eigenvalue weighted by atomic mass is 16.5. The van der Waals surface area contributed by atoms with E-state index in [2.05, 4.69) is 4.98 Å². The number of methoxy groups -OCH3 is 1. The fourth-order valence-electron chi connectivity index (χ4n) is 1.85. The molecule has 102 valence electrons. The lowest BCUT2D eigenvalue weighted by atomic mass is 9.97. The summed E-state index contributed by atoms with van der Waals surface area (Å²) in [6.45, 7) is 6.73. The maximum Gasteiger partial charge on any atom is 0.137 e. The van der Waals surface area contributed by atoms with Crippen LogP contribution in [0.1, 0.15) is 38.9 Å². The SMILES string of the molecule is CCCOc1cncc(C(O)C(OC)C(C)C)c1. The average Bonchev–Trinajstić information content (AvgIpc) is 2.37. The summed E-state index contributed by atoms with van der Waals surface area (Å²) in [5.41, 5.74) is 0.726. The molecule has 1 N–H and O–H groups in total. The minimum Gasteiger partial charge on any atom is -0.492 e. The van der Waals surface area contributed by atoms with Crippen LogP contribution in [0, 0.1) is 5.92 Å². The average molecular weight is 253 g/mol. The Balaban J connectivity index is 2.81. The summed E-state index contributed by atoms with van der Waals surface area (Å²) in [5, 5.41) is 10.3. The molecule has 2 unspecified atom stereocenters. The smallest absolute Gasteiger partial charge is 0.137 e. The van der Waals surface area contributed by atoms with E-state index in [0.29, 0.717) is 12.4 Å². The van der Waals surface area contributed by atoms with Gasteiger partial charge in [0.15, 0.2) is 0 Å². The molecule has 0 bridgehead atoms. The number of ether oxygens (including phenoxy) is 2. The molecule has 0 aromatic carbocycles. The highest BCUT2D eigenvalue weighted by molar-refractivity contribution is 5.25. The van der Waals surface area contributed by atoms with Crippen molar-refractivity contribution in [3.05, 3.63) is 24.0 Å². The molecule has 0 aliphatic rings. The zero-order valence-electron chi connectivity index (χ0n) is 11.6. The predicted molar refractivity (Wildman–Crippen MR) is 70.6 cm³/mol. The number of aliphatic hydroxyl groups excluding tert-OH is 1. The van der Waals surface area contributed by atoms with Crippen LogP contribution in [-0.4, -0.2) is 29.9 Å². The third-order valence-corrected chi connectivity index (χ3v) is 2.79. The van der Waals surface area contributed by atoms with E-state index in [4.69, 9.17) is 9.47 Å². The topological polar surface area (TPSA) is 51.6 Å². The Labute approximate surface area is 109 Å². The summed E-state index contributed by atoms with van der Waals surface area (Å²) in [6.07, 6.45) is 3.32. The standard InChI is InChI=1S/C14H23NO3/c1-5-6-18-12-7-11(8-15-9-12)13(16)14(17-4)10(2)3/h7-10,13-14,16H,5-6H2,1-4H3. The second-order valence-corrected chi connectivity index (χ2v) is 4.69. The third-order valence-electron chi connectivity index (χ3n) is 2.79. The zero-order chi connectivity index (χ0) is 13.5. The van der Waals surface area contributed by atoms with Gasteiger partial charge < -0.3 is 14.6 Å². The number of nitrogens with zero attached hydrogens (tertiary/aromatic N) is 1. The maximum atomic E-state index is 10.3. The summed E-state index contributed by atoms with van der Waals surface area (Å²) in [4.78, 5) is 4.09. The Hall–Kier alpha value is -1.13. The summed E-state index contributed by atoms with van der Waals surface area (Å²) >= 11 is 0. The normalized spacial score (nSPS) is 14.6. The van der Waals surface area contributed by atoms with Crippen molar-refractivity contribution in [2.45, 2.75) is 39.4 Å². The largest absolute Gasteiger partial charge is 0.492 e. The van der Waals surface area contributed by atoms with E-state index < -0.39 is 6.10 Å². The fraction of sp³-hybridized carbons (Fsp3) is 0.643. The van der Waals surface area contributed by atoms with Crippen LogP contribution >= 0.6 is 0 Å². The molecule has 1 heterocycles. The van der Waals surface area contributed by atoms with E-state index in [1.54, 1.807) is 19.5 Å². The van der Waals surface area contributed by atoms with Gasteiger partial charge in [-0.2, -0.15) is 0 Å². The molecule has 0 saturated heterocycles. The molecule has 0 aliphatic carbocycles. The van der Waals surface area contributed by atoms with Gasteiger partial charge in [-0.1, -0.05) is 20.8 Å². The van der Waals surface area contributed by atoms with Crippen LogP contribution in [0.5, 0.6) is 5.75 Å². The molecule has 0 aliphatic heterocycles. The third kappa shape index (κ3) is 3.96. The quantitative estimate of drug-likeness (QED) is 0.811. The molecular weight excluding hydrogens is 230 g/mol. The summed E-state index contributed by atoms with van der Waals surface area (Å²) in [7, 11) is 1.61. The first-order valence-electron chi connectivity index (χ1n) is 6.38. The molecule has 0 amide bonds. The molecule has 4 nitrogen and oxygen atoms in total. The van der Waals surface area contributed by atoms with Crippen molar-refractivity contribution in [2.75, 3.05) is 13.7 Å². The second kappa shape index (κ2) is 7.34. The number of hydrogen-bond donors (Lipinski definition) is 1. The highest BCUT2D eigenvalue weighted by Gasteiger charge is 2.24. The fourth-order valence-corrected chi connectivity index (χ4v) is 1.85. The second-order valence-electron chi connectivity index (χ2n) is 4.69. The molecule has 0 spiro atoms. The first-order chi connectivity index (χ1) is 8.60. The van der Waals surface area contributed by atoms with Crippen LogP contribution in [0.15, 0.2) is 18.5 Å². The number of aliphatic hydroxyl groups is 1. The van der Waals surface area contributed by atoms with Crippen molar-refractivity contribution < 1.29 is 14.6 Å². The van der Waals surface area contributed by atoms with Gasteiger partial charge in [-0.05, 0) is 18.4 Å². The van der Waals surface area contributed by atoms with Crippen molar-refractivity contribution in [3.8, 4) is 5.75 Å². The van der Waals surface area contributed by atoms with E-state index in [9.17, 15) is 5.11 Å². The number of pyridine rings is 1. The minimum absolute atomic E-state index is 0.227. The number of aromatic nitrogens is 1. The minimum atomic E-state index is -0.687. The van der Waals surface area contributed by atoms with Gasteiger partial charge in [0, 0.05) is 18.9 Å². The van der Waals surface area contributed by atoms with E-state index in [-0.39, 0.29) is 12.0 Å². The predicted octanol–water partition coefficient (Wildman–Crippen LogP) is 2.57. The molecular formula is C14H23NO3. The zero-order valence-corrected chi connectivity index (χ0v) is 11.6. The monoisotopic (exact) mass is 253 g/mol. The highest BCUT2D eigenvalue weighted by Crippen LogP contribution is 2.25. The molecule has 1 aromatic heterocycles. The Kier molecular flexibility index (Phi) is 6.09. The number of rotatable bonds is 7. The van der Waals surface area contributed by atoms with Crippen molar-refractivity contribution in [2.24, 2.45) is 5.92 Å². The first-order valence-corrected chi connectivity index (χ1v) is 6.38. The summed E-state index contributed by atoms with van der Waals surface area (Å²) in [5.74, 6) is 0.914. The van der Waals surface area contributed by atoms with Gasteiger partial charge in [0.05, 0.1) is 18.9 Å². The summed E-state index contributed by atoms with van der Waals surface area (Å²) < 4.78 is 10.8. The van der Waals surface area contributed by atoms with Crippen LogP contribution in [0.2, 0.25) is 0 Å². The van der Waals surface area contributed by atoms with Crippen LogP contribution in [0.4, 0.5) is 0 Å². The molecule has 0 radical (unpaired) electrons. The van der Waals surface area contributed by atoms with Crippen molar-refractivity contribution in [3.63, 3.8) is 0 Å². The Morgan fingerprint density at radius 2 is 2.06 bits per heavy atom. The van der Waals surface area contributed by atoms with Gasteiger partial charge in [0.2, 0.25) is 0 Å². The molecule has 0 fully saturated rings. The maximum absolute atomic E-state index is 10.3. The van der Waals surface area contributed by atoms with Crippen LogP contribution in [0.25, 0.3) is 0 Å². The molecule has 1 aromatic rings. The van der Waals surface area contributed by atoms with Gasteiger partial charge in [-0.15, -0.1) is 0 Å². The van der Waals surface area contributed by atoms with E-state index in [0.717, 1.165) is 12.0 Å². The lowest BCUT2D eigenvalue weighted by Crippen LogP contribution is -2.26. The van der Waals surface area contributed by atoms with E-state index in [1.807, 2.05) is 26.8 Å². The lowest BCUT2D eigenvalue weighted by Gasteiger charge is -2.25. The molecule has 0 saturated carbocycles. The Morgan fingerprint density at radius 1 is 1.33 bits per heavy atom. The summed E-state index contributed by atoms with van der Waals surface area (Å²) in [6, 6.07) is 1.82. The Morgan fingerprint density at radius 3 is 2.61 bits per heavy atom. The Bertz CT molecular complexity index is 355. The number of hydrogen-bond acceptors (Lipinski definition) is 4. The van der Waals surface area contributed by atoms with Gasteiger partial charge in [0.1, 0.15) is 11.9 Å². The van der Waals surface area contributed by atoms with Gasteiger partial charge in [0.25, 0.3) is 0 Å². The van der Waals surface area contributed by atoms with Gasteiger partial charge in [-0.3, -0.25) is 4.98 Å². The lowest BCUT2D eigenvalue weighted by molar-refractivity contribution is -0.0392. The van der Waals surface area contributed by atoms with Crippen LogP contribution in [0.3, 0.4) is 0 Å². The molecule has 1 rings (SSSR count). The first kappa shape index (κ1) is 14.9. The van der Waals surface area contributed by atoms with Crippen molar-refractivity contribution in [1.82, 2.24) is 4.98 Å². The van der Waals surface area contributed by atoms with Gasteiger partial charge in [-0.25, -0.2) is 0 Å². The van der Waals surface area contributed by atoms with E-state index >= 15 is 0 Å². The molecule has 18 heavy (non-hydrogen) atoms. The van der Waals surface area contributed by atoms with E-state index in [1.165, 1.54) is 0 Å². The molecule has 2 atom stereocenters. The van der Waals surface area contributed by atoms with Crippen LogP contribution in [-0.2, 0) is 4.74 Å². The van der Waals surface area contributed by atoms with Crippen molar-refractivity contribution in [1.29, 1.82) is 0 Å². The molecule has 4 heteroatoms. The van der Waals surface area contributed by atoms with Crippen molar-refractivity contribution >= 4 is 0 Å². The van der Waals surface area contributed by atoms with Crippen LogP contribution < -0.4 is 4.74 Å².